The van der Waals surface area contributed by atoms with Gasteiger partial charge in [-0.1, -0.05) is 30.0 Å². The Morgan fingerprint density at radius 1 is 1.10 bits per heavy atom. The quantitative estimate of drug-likeness (QED) is 0.936. The normalized spacial score (nSPS) is 28.7. The number of hydrogen-bond acceptors (Lipinski definition) is 5. The predicted octanol–water partition coefficient (Wildman–Crippen LogP) is 2.04. The first-order chi connectivity index (χ1) is 9.88. The molecule has 2 fully saturated rings. The minimum Gasteiger partial charge on any atom is -0.311 e. The summed E-state index contributed by atoms with van der Waals surface area (Å²) < 4.78 is 1.84. The summed E-state index contributed by atoms with van der Waals surface area (Å²) in [6.45, 7) is 0. The molecular formula is C14H17N5S. The fraction of sp³-hybridized carbons (Fsp3) is 0.500. The molecule has 1 N–H and O–H groups in total. The van der Waals surface area contributed by atoms with Crippen LogP contribution < -0.4 is 5.32 Å². The van der Waals surface area contributed by atoms with Gasteiger partial charge in [0, 0.05) is 17.3 Å². The van der Waals surface area contributed by atoms with Gasteiger partial charge in [-0.25, -0.2) is 0 Å². The highest BCUT2D eigenvalue weighted by Crippen LogP contribution is 2.36. The van der Waals surface area contributed by atoms with E-state index >= 15 is 0 Å². The van der Waals surface area contributed by atoms with Crippen molar-refractivity contribution in [2.24, 2.45) is 0 Å². The molecule has 0 spiro atoms. The molecule has 1 aromatic carbocycles. The molecule has 6 heteroatoms. The van der Waals surface area contributed by atoms with Gasteiger partial charge in [-0.2, -0.15) is 4.68 Å². The smallest absolute Gasteiger partial charge is 0.214 e. The number of tetrazole rings is 1. The number of aromatic nitrogens is 4. The third-order valence-electron chi connectivity index (χ3n) is 4.14. The summed E-state index contributed by atoms with van der Waals surface area (Å²) >= 11 is 1.83. The van der Waals surface area contributed by atoms with E-state index in [1.54, 1.807) is 0 Å². The van der Waals surface area contributed by atoms with E-state index in [1.165, 1.54) is 25.7 Å². The highest BCUT2D eigenvalue weighted by atomic mass is 32.2. The summed E-state index contributed by atoms with van der Waals surface area (Å²) in [7, 11) is 0. The van der Waals surface area contributed by atoms with Gasteiger partial charge >= 0.3 is 0 Å². The fourth-order valence-corrected chi connectivity index (χ4v) is 4.51. The lowest BCUT2D eigenvalue weighted by Crippen LogP contribution is -2.39. The largest absolute Gasteiger partial charge is 0.311 e. The van der Waals surface area contributed by atoms with Crippen molar-refractivity contribution in [3.05, 3.63) is 30.3 Å². The van der Waals surface area contributed by atoms with Gasteiger partial charge in [-0.3, -0.25) is 0 Å². The highest BCUT2D eigenvalue weighted by Gasteiger charge is 2.34. The Balaban J connectivity index is 1.54. The highest BCUT2D eigenvalue weighted by molar-refractivity contribution is 7.99. The molecule has 0 aliphatic carbocycles. The van der Waals surface area contributed by atoms with Crippen molar-refractivity contribution in [1.82, 2.24) is 25.5 Å². The molecule has 5 nitrogen and oxygen atoms in total. The molecule has 0 amide bonds. The number of para-hydroxylation sites is 1. The van der Waals surface area contributed by atoms with Gasteiger partial charge in [-0.05, 0) is 48.2 Å². The van der Waals surface area contributed by atoms with Gasteiger partial charge in [-0.15, -0.1) is 5.10 Å². The van der Waals surface area contributed by atoms with Crippen molar-refractivity contribution in [2.75, 3.05) is 0 Å². The average Bonchev–Trinajstić information content (AvgIpc) is 3.07. The second-order valence-electron chi connectivity index (χ2n) is 5.56. The second-order valence-corrected chi connectivity index (χ2v) is 6.83. The van der Waals surface area contributed by atoms with Crippen LogP contribution in [-0.2, 0) is 0 Å². The van der Waals surface area contributed by atoms with Crippen LogP contribution in [-0.4, -0.2) is 37.5 Å². The SMILES string of the molecule is c1ccc(-n2nnnc2SC2C[C@@H]3CC[C@@H](C2)N3)cc1. The van der Waals surface area contributed by atoms with Gasteiger partial charge in [0.2, 0.25) is 5.16 Å². The topological polar surface area (TPSA) is 55.6 Å². The summed E-state index contributed by atoms with van der Waals surface area (Å²) in [6.07, 6.45) is 5.10. The van der Waals surface area contributed by atoms with Gasteiger partial charge < -0.3 is 5.32 Å². The molecule has 2 aromatic rings. The van der Waals surface area contributed by atoms with Gasteiger partial charge in [0.05, 0.1) is 5.69 Å². The van der Waals surface area contributed by atoms with Gasteiger partial charge in [0.25, 0.3) is 0 Å². The maximum absolute atomic E-state index is 4.20. The maximum Gasteiger partial charge on any atom is 0.214 e. The molecule has 2 aliphatic rings. The minimum atomic E-state index is 0.627. The molecule has 104 valence electrons. The van der Waals surface area contributed by atoms with Crippen molar-refractivity contribution in [1.29, 1.82) is 0 Å². The van der Waals surface area contributed by atoms with Crippen LogP contribution in [0, 0.1) is 0 Å². The zero-order valence-electron chi connectivity index (χ0n) is 11.1. The molecule has 2 saturated heterocycles. The van der Waals surface area contributed by atoms with E-state index in [9.17, 15) is 0 Å². The molecule has 0 unspecified atom stereocenters. The third kappa shape index (κ3) is 2.33. The molecule has 2 aliphatic heterocycles. The van der Waals surface area contributed by atoms with Crippen LogP contribution in [0.5, 0.6) is 0 Å². The summed E-state index contributed by atoms with van der Waals surface area (Å²) in [4.78, 5) is 0. The van der Waals surface area contributed by atoms with Crippen molar-refractivity contribution >= 4 is 11.8 Å². The predicted molar refractivity (Wildman–Crippen MR) is 78.0 cm³/mol. The first-order valence-corrected chi connectivity index (χ1v) is 8.03. The molecule has 20 heavy (non-hydrogen) atoms. The standard InChI is InChI=1S/C14H17N5S/c1-2-4-12(5-3-1)19-14(16-17-18-19)20-13-8-10-6-7-11(9-13)15-10/h1-5,10-11,13,15H,6-9H2/t10-,11-/m0/s1. The van der Waals surface area contributed by atoms with E-state index in [-0.39, 0.29) is 0 Å². The number of piperidine rings is 1. The van der Waals surface area contributed by atoms with Crippen LogP contribution in [0.15, 0.2) is 35.5 Å². The van der Waals surface area contributed by atoms with Crippen LogP contribution in [0.3, 0.4) is 0 Å². The molecule has 2 bridgehead atoms. The van der Waals surface area contributed by atoms with Gasteiger partial charge in [0.15, 0.2) is 0 Å². The number of thioether (sulfide) groups is 1. The Morgan fingerprint density at radius 2 is 1.85 bits per heavy atom. The molecule has 0 saturated carbocycles. The van der Waals surface area contributed by atoms with E-state index in [0.29, 0.717) is 17.3 Å². The zero-order valence-corrected chi connectivity index (χ0v) is 12.0. The lowest BCUT2D eigenvalue weighted by Gasteiger charge is -2.27. The number of nitrogens with zero attached hydrogens (tertiary/aromatic N) is 4. The van der Waals surface area contributed by atoms with Crippen molar-refractivity contribution in [2.45, 2.75) is 48.2 Å². The summed E-state index contributed by atoms with van der Waals surface area (Å²) in [5.41, 5.74) is 1.02. The van der Waals surface area contributed by atoms with Gasteiger partial charge in [0.1, 0.15) is 0 Å². The first kappa shape index (κ1) is 12.3. The molecule has 1 aromatic heterocycles. The monoisotopic (exact) mass is 287 g/mol. The van der Waals surface area contributed by atoms with Crippen LogP contribution in [0.2, 0.25) is 0 Å². The third-order valence-corrected chi connectivity index (χ3v) is 5.33. The average molecular weight is 287 g/mol. The molecule has 3 heterocycles. The Kier molecular flexibility index (Phi) is 3.20. The van der Waals surface area contributed by atoms with Crippen molar-refractivity contribution in [3.63, 3.8) is 0 Å². The Morgan fingerprint density at radius 3 is 2.60 bits per heavy atom. The Hall–Kier alpha value is -1.40. The summed E-state index contributed by atoms with van der Waals surface area (Å²) in [5, 5.41) is 17.4. The first-order valence-electron chi connectivity index (χ1n) is 7.15. The summed E-state index contributed by atoms with van der Waals surface area (Å²) in [5.74, 6) is 0. The van der Waals surface area contributed by atoms with Crippen LogP contribution in [0.1, 0.15) is 25.7 Å². The maximum atomic E-state index is 4.20. The van der Waals surface area contributed by atoms with E-state index in [0.717, 1.165) is 10.8 Å². The number of hydrogen-bond donors (Lipinski definition) is 1. The van der Waals surface area contributed by atoms with Crippen LogP contribution in [0.25, 0.3) is 5.69 Å². The Bertz CT molecular complexity index is 572. The van der Waals surface area contributed by atoms with Crippen LogP contribution in [0.4, 0.5) is 0 Å². The molecule has 4 rings (SSSR count). The fourth-order valence-electron chi connectivity index (χ4n) is 3.23. The molecule has 0 radical (unpaired) electrons. The number of nitrogens with one attached hydrogen (secondary N) is 1. The van der Waals surface area contributed by atoms with Crippen molar-refractivity contribution < 1.29 is 0 Å². The number of benzene rings is 1. The second kappa shape index (κ2) is 5.18. The van der Waals surface area contributed by atoms with E-state index in [1.807, 2.05) is 46.8 Å². The molecule has 2 atom stereocenters. The number of rotatable bonds is 3. The molecular weight excluding hydrogens is 270 g/mol. The lowest BCUT2D eigenvalue weighted by molar-refractivity contribution is 0.414. The minimum absolute atomic E-state index is 0.627. The van der Waals surface area contributed by atoms with E-state index in [4.69, 9.17) is 0 Å². The van der Waals surface area contributed by atoms with Crippen molar-refractivity contribution in [3.8, 4) is 5.69 Å². The Labute approximate surface area is 122 Å². The van der Waals surface area contributed by atoms with Crippen LogP contribution >= 0.6 is 11.8 Å². The summed E-state index contributed by atoms with van der Waals surface area (Å²) in [6, 6.07) is 11.5. The zero-order chi connectivity index (χ0) is 13.4. The van der Waals surface area contributed by atoms with E-state index < -0.39 is 0 Å². The van der Waals surface area contributed by atoms with E-state index in [2.05, 4.69) is 20.8 Å². The lowest BCUT2D eigenvalue weighted by atomic mass is 10.1. The number of fused-ring (bicyclic) bond motifs is 2.